The van der Waals surface area contributed by atoms with E-state index in [0.717, 1.165) is 73.0 Å². The van der Waals surface area contributed by atoms with Crippen LogP contribution in [0.15, 0.2) is 164 Å². The lowest BCUT2D eigenvalue weighted by Crippen LogP contribution is -2.42. The fourth-order valence-corrected chi connectivity index (χ4v) is 10.4. The molecule has 286 valence electrons. The van der Waals surface area contributed by atoms with Crippen LogP contribution in [0.25, 0.3) is 78.3 Å². The van der Waals surface area contributed by atoms with Crippen molar-refractivity contribution in [3.8, 4) is 73.6 Å². The normalized spacial score (nSPS) is 19.9. The molecule has 8 aromatic rings. The van der Waals surface area contributed by atoms with Gasteiger partial charge in [0.15, 0.2) is 17.5 Å². The van der Waals surface area contributed by atoms with Gasteiger partial charge in [0.1, 0.15) is 0 Å². The topological polar surface area (TPSA) is 62.5 Å². The van der Waals surface area contributed by atoms with E-state index in [2.05, 4.69) is 141 Å². The van der Waals surface area contributed by atoms with Crippen LogP contribution in [0, 0.1) is 29.1 Å². The van der Waals surface area contributed by atoms with Crippen molar-refractivity contribution in [3.05, 3.63) is 175 Å². The molecule has 10 rings (SSSR count). The minimum Gasteiger partial charge on any atom is -0.208 e. The van der Waals surface area contributed by atoms with Crippen molar-refractivity contribution in [1.82, 2.24) is 15.0 Å². The predicted octanol–water partition coefficient (Wildman–Crippen LogP) is 14.0. The monoisotopic (exact) mass is 762 g/mol. The van der Waals surface area contributed by atoms with Gasteiger partial charge in [-0.15, -0.1) is 0 Å². The summed E-state index contributed by atoms with van der Waals surface area (Å²) in [5.41, 5.74) is 12.1. The van der Waals surface area contributed by atoms with Crippen LogP contribution in [0.4, 0.5) is 0 Å². The van der Waals surface area contributed by atoms with Crippen molar-refractivity contribution < 1.29 is 0 Å². The Hall–Kier alpha value is -6.70. The average Bonchev–Trinajstić information content (AvgIpc) is 3.28. The molecule has 2 saturated carbocycles. The van der Waals surface area contributed by atoms with Crippen molar-refractivity contribution in [2.75, 3.05) is 0 Å². The van der Waals surface area contributed by atoms with Gasteiger partial charge in [-0.2, -0.15) is 5.26 Å². The highest BCUT2D eigenvalue weighted by molar-refractivity contribution is 5.90. The Labute approximate surface area is 347 Å². The molecule has 2 aliphatic carbocycles. The molecule has 2 fully saturated rings. The van der Waals surface area contributed by atoms with E-state index in [1.807, 2.05) is 42.5 Å². The number of nitriles is 1. The van der Waals surface area contributed by atoms with Crippen LogP contribution in [0.2, 0.25) is 0 Å². The largest absolute Gasteiger partial charge is 0.208 e. The third kappa shape index (κ3) is 7.34. The lowest BCUT2D eigenvalue weighted by atomic mass is 9.54. The molecular weight excluding hydrogens is 717 g/mol. The molecule has 59 heavy (non-hydrogen) atoms. The summed E-state index contributed by atoms with van der Waals surface area (Å²) >= 11 is 0. The first-order valence-corrected chi connectivity index (χ1v) is 21.1. The molecule has 7 aromatic carbocycles. The zero-order chi connectivity index (χ0) is 39.9. The van der Waals surface area contributed by atoms with Gasteiger partial charge >= 0.3 is 0 Å². The third-order valence-electron chi connectivity index (χ3n) is 12.9. The van der Waals surface area contributed by atoms with E-state index in [4.69, 9.17) is 15.0 Å². The smallest absolute Gasteiger partial charge is 0.164 e. The zero-order valence-electron chi connectivity index (χ0n) is 33.6. The zero-order valence-corrected chi connectivity index (χ0v) is 33.6. The van der Waals surface area contributed by atoms with E-state index in [9.17, 15) is 5.26 Å². The second-order valence-corrected chi connectivity index (χ2v) is 17.3. The van der Waals surface area contributed by atoms with E-state index in [1.54, 1.807) is 0 Å². The number of rotatable bonds is 7. The first kappa shape index (κ1) is 36.6. The standard InChI is InChI=1S/C55H46N4/c1-36-25-39-26-37(2)33-55(32-36,34-39)51-23-21-42(22-24-51)49-29-48(40-9-5-3-6-10-40)30-50(31-49)54-58-52(43-11-7-4-8-12-43)57-53(59-54)47-20-19-45-27-44(17-18-46(45)28-47)41-15-13-38(35-56)14-16-41/h3-24,27-31,36-37,39H,25-26,32-34H2,1-2H3/t36-,37+,39?,55?. The lowest BCUT2D eigenvalue weighted by Gasteiger charge is -2.50. The van der Waals surface area contributed by atoms with Gasteiger partial charge in [0, 0.05) is 16.7 Å². The van der Waals surface area contributed by atoms with Crippen LogP contribution in [0.5, 0.6) is 0 Å². The first-order chi connectivity index (χ1) is 28.9. The number of nitrogens with zero attached hydrogens (tertiary/aromatic N) is 4. The molecule has 0 saturated heterocycles. The molecule has 2 aliphatic rings. The SMILES string of the molecule is C[C@@H]1CC2C[C@H](C)CC(c3ccc(-c4cc(-c5ccccc5)cc(-c5nc(-c6ccccc6)nc(-c6ccc7cc(-c8ccc(C#N)cc8)ccc7c6)n5)c4)cc3)(C2)C1. The van der Waals surface area contributed by atoms with Gasteiger partial charge in [-0.3, -0.25) is 0 Å². The molecule has 4 heteroatoms. The maximum absolute atomic E-state index is 9.26. The maximum Gasteiger partial charge on any atom is 0.164 e. The van der Waals surface area contributed by atoms with Crippen LogP contribution in [0.1, 0.15) is 57.1 Å². The highest BCUT2D eigenvalue weighted by atomic mass is 15.0. The Morgan fingerprint density at radius 2 is 0.898 bits per heavy atom. The lowest BCUT2D eigenvalue weighted by molar-refractivity contribution is 0.0780. The predicted molar refractivity (Wildman–Crippen MR) is 241 cm³/mol. The van der Waals surface area contributed by atoms with Crippen LogP contribution < -0.4 is 0 Å². The summed E-state index contributed by atoms with van der Waals surface area (Å²) in [7, 11) is 0. The number of aromatic nitrogens is 3. The highest BCUT2D eigenvalue weighted by Gasteiger charge is 2.45. The van der Waals surface area contributed by atoms with Gasteiger partial charge < -0.3 is 0 Å². The molecular formula is C55H46N4. The summed E-state index contributed by atoms with van der Waals surface area (Å²) in [4.78, 5) is 15.5. The summed E-state index contributed by atoms with van der Waals surface area (Å²) < 4.78 is 0. The Bertz CT molecular complexity index is 2820. The molecule has 2 unspecified atom stereocenters. The van der Waals surface area contributed by atoms with E-state index in [-0.39, 0.29) is 0 Å². The average molecular weight is 763 g/mol. The molecule has 2 bridgehead atoms. The molecule has 4 nitrogen and oxygen atoms in total. The van der Waals surface area contributed by atoms with Gasteiger partial charge in [-0.05, 0) is 147 Å². The summed E-state index contributed by atoms with van der Waals surface area (Å²) in [6.45, 7) is 4.93. The van der Waals surface area contributed by atoms with Crippen molar-refractivity contribution in [3.63, 3.8) is 0 Å². The van der Waals surface area contributed by atoms with E-state index in [1.165, 1.54) is 43.2 Å². The van der Waals surface area contributed by atoms with Crippen molar-refractivity contribution in [1.29, 1.82) is 5.26 Å². The molecule has 0 aliphatic heterocycles. The van der Waals surface area contributed by atoms with Gasteiger partial charge in [0.2, 0.25) is 0 Å². The van der Waals surface area contributed by atoms with Gasteiger partial charge in [-0.1, -0.05) is 135 Å². The molecule has 1 aromatic heterocycles. The fourth-order valence-electron chi connectivity index (χ4n) is 10.4. The number of fused-ring (bicyclic) bond motifs is 3. The van der Waals surface area contributed by atoms with E-state index < -0.39 is 0 Å². The summed E-state index contributed by atoms with van der Waals surface area (Å²) in [6.07, 6.45) is 6.68. The highest BCUT2D eigenvalue weighted by Crippen LogP contribution is 2.54. The van der Waals surface area contributed by atoms with Crippen LogP contribution >= 0.6 is 0 Å². The van der Waals surface area contributed by atoms with Crippen LogP contribution in [-0.2, 0) is 5.41 Å². The molecule has 0 N–H and O–H groups in total. The van der Waals surface area contributed by atoms with E-state index >= 15 is 0 Å². The Kier molecular flexibility index (Phi) is 9.46. The van der Waals surface area contributed by atoms with Gasteiger partial charge in [0.05, 0.1) is 11.6 Å². The van der Waals surface area contributed by atoms with Crippen molar-refractivity contribution >= 4 is 10.8 Å². The molecule has 0 amide bonds. The number of hydrogen-bond acceptors (Lipinski definition) is 4. The maximum atomic E-state index is 9.26. The minimum absolute atomic E-state index is 0.292. The van der Waals surface area contributed by atoms with Gasteiger partial charge in [-0.25, -0.2) is 15.0 Å². The van der Waals surface area contributed by atoms with Crippen LogP contribution in [0.3, 0.4) is 0 Å². The number of benzene rings is 7. The Morgan fingerprint density at radius 3 is 1.51 bits per heavy atom. The molecule has 0 radical (unpaired) electrons. The quantitative estimate of drug-likeness (QED) is 0.162. The third-order valence-corrected chi connectivity index (χ3v) is 12.9. The van der Waals surface area contributed by atoms with Crippen molar-refractivity contribution in [2.45, 2.75) is 51.4 Å². The van der Waals surface area contributed by atoms with Crippen LogP contribution in [-0.4, -0.2) is 15.0 Å². The second kappa shape index (κ2) is 15.2. The molecule has 4 atom stereocenters. The summed E-state index contributed by atoms with van der Waals surface area (Å²) in [6, 6.07) is 60.0. The number of hydrogen-bond donors (Lipinski definition) is 0. The van der Waals surface area contributed by atoms with E-state index in [0.29, 0.717) is 28.5 Å². The molecule has 0 spiro atoms. The Morgan fingerprint density at radius 1 is 0.441 bits per heavy atom. The Balaban J connectivity index is 1.07. The van der Waals surface area contributed by atoms with Crippen molar-refractivity contribution in [2.24, 2.45) is 17.8 Å². The minimum atomic E-state index is 0.292. The first-order valence-electron chi connectivity index (χ1n) is 21.1. The summed E-state index contributed by atoms with van der Waals surface area (Å²) in [5, 5.41) is 11.5. The second-order valence-electron chi connectivity index (χ2n) is 17.3. The summed E-state index contributed by atoms with van der Waals surface area (Å²) in [5.74, 6) is 4.31. The van der Waals surface area contributed by atoms with Gasteiger partial charge in [0.25, 0.3) is 0 Å². The fraction of sp³-hybridized carbons (Fsp3) is 0.200. The molecule has 1 heterocycles.